The first kappa shape index (κ1) is 21.3. The van der Waals surface area contributed by atoms with Crippen LogP contribution < -0.4 is 5.32 Å². The first-order valence-corrected chi connectivity index (χ1v) is 11.8. The molecule has 2 aliphatic rings. The van der Waals surface area contributed by atoms with Gasteiger partial charge in [-0.05, 0) is 81.7 Å². The number of hydrogen-bond donors (Lipinski definition) is 2. The molecule has 3 atom stereocenters. The van der Waals surface area contributed by atoms with Crippen LogP contribution >= 0.6 is 11.6 Å². The standard InChI is InChI=1S/C27H29ClFN3/c1-15-4-6-18(7-5-15)21-11-8-19(27-30-16(2)25(29)17(3)31-27)9-12-22-23-14-20(28)10-13-24(23)32-26(21)22/h4-7,10,13-14,19,21,27,30,32H,8-9,11-12H2,1-3H3/t19?,21-,27?/m0/s1. The van der Waals surface area contributed by atoms with E-state index >= 15 is 0 Å². The Morgan fingerprint density at radius 3 is 2.53 bits per heavy atom. The average Bonchev–Trinajstić information content (AvgIpc) is 3.10. The van der Waals surface area contributed by atoms with Gasteiger partial charge in [0.25, 0.3) is 0 Å². The third-order valence-electron chi connectivity index (χ3n) is 7.11. The fourth-order valence-corrected chi connectivity index (χ4v) is 5.50. The van der Waals surface area contributed by atoms with Gasteiger partial charge in [-0.25, -0.2) is 4.39 Å². The predicted molar refractivity (Wildman–Crippen MR) is 131 cm³/mol. The van der Waals surface area contributed by atoms with E-state index in [2.05, 4.69) is 58.6 Å². The molecule has 1 aliphatic carbocycles. The Kier molecular flexibility index (Phi) is 5.58. The van der Waals surface area contributed by atoms with Crippen LogP contribution in [0.3, 0.4) is 0 Å². The number of halogens is 2. The van der Waals surface area contributed by atoms with Crippen LogP contribution in [0.1, 0.15) is 61.4 Å². The Balaban J connectivity index is 1.56. The quantitative estimate of drug-likeness (QED) is 0.426. The lowest BCUT2D eigenvalue weighted by Crippen LogP contribution is -2.38. The molecule has 5 rings (SSSR count). The summed E-state index contributed by atoms with van der Waals surface area (Å²) >= 11 is 6.38. The second kappa shape index (κ2) is 8.40. The van der Waals surface area contributed by atoms with Gasteiger partial charge < -0.3 is 10.3 Å². The summed E-state index contributed by atoms with van der Waals surface area (Å²) in [7, 11) is 0. The number of aromatic nitrogens is 1. The van der Waals surface area contributed by atoms with Gasteiger partial charge in [-0.2, -0.15) is 0 Å². The van der Waals surface area contributed by atoms with E-state index in [0.717, 1.165) is 36.2 Å². The number of aromatic amines is 1. The Labute approximate surface area is 193 Å². The van der Waals surface area contributed by atoms with E-state index in [0.29, 0.717) is 17.3 Å². The van der Waals surface area contributed by atoms with Crippen molar-refractivity contribution in [2.45, 2.75) is 58.5 Å². The maximum atomic E-state index is 14.2. The smallest absolute Gasteiger partial charge is 0.162 e. The maximum Gasteiger partial charge on any atom is 0.162 e. The lowest BCUT2D eigenvalue weighted by Gasteiger charge is -2.32. The van der Waals surface area contributed by atoms with Crippen LogP contribution in [0.2, 0.25) is 5.02 Å². The van der Waals surface area contributed by atoms with Crippen LogP contribution in [-0.2, 0) is 6.42 Å². The first-order chi connectivity index (χ1) is 15.4. The van der Waals surface area contributed by atoms with Gasteiger partial charge in [0.15, 0.2) is 5.83 Å². The molecule has 0 fully saturated rings. The molecule has 0 bridgehead atoms. The number of allylic oxidation sites excluding steroid dienone is 2. The van der Waals surface area contributed by atoms with Gasteiger partial charge in [0, 0.05) is 33.2 Å². The van der Waals surface area contributed by atoms with Crippen molar-refractivity contribution >= 4 is 28.2 Å². The summed E-state index contributed by atoms with van der Waals surface area (Å²) in [4.78, 5) is 8.41. The molecule has 5 heteroatoms. The van der Waals surface area contributed by atoms with Gasteiger partial charge in [-0.1, -0.05) is 41.4 Å². The van der Waals surface area contributed by atoms with Crippen molar-refractivity contribution < 1.29 is 4.39 Å². The minimum absolute atomic E-state index is 0.0801. The van der Waals surface area contributed by atoms with Crippen molar-refractivity contribution in [3.63, 3.8) is 0 Å². The molecule has 0 saturated heterocycles. The summed E-state index contributed by atoms with van der Waals surface area (Å²) in [5.74, 6) is 0.387. The van der Waals surface area contributed by atoms with Crippen molar-refractivity contribution in [2.24, 2.45) is 10.9 Å². The Morgan fingerprint density at radius 2 is 1.78 bits per heavy atom. The molecule has 32 heavy (non-hydrogen) atoms. The molecule has 2 N–H and O–H groups in total. The number of hydrogen-bond acceptors (Lipinski definition) is 2. The number of nitrogens with zero attached hydrogens (tertiary/aromatic N) is 1. The number of rotatable bonds is 2. The lowest BCUT2D eigenvalue weighted by molar-refractivity contribution is 0.316. The molecule has 166 valence electrons. The fraction of sp³-hybridized carbons (Fsp3) is 0.370. The Bertz CT molecular complexity index is 1220. The molecule has 0 amide bonds. The first-order valence-electron chi connectivity index (χ1n) is 11.4. The average molecular weight is 450 g/mol. The van der Waals surface area contributed by atoms with Gasteiger partial charge in [0.1, 0.15) is 6.17 Å². The van der Waals surface area contributed by atoms with Gasteiger partial charge in [0.05, 0.1) is 5.71 Å². The second-order valence-electron chi connectivity index (χ2n) is 9.29. The molecule has 0 spiro atoms. The lowest BCUT2D eigenvalue weighted by atomic mass is 9.79. The van der Waals surface area contributed by atoms with E-state index in [1.807, 2.05) is 6.07 Å². The molecule has 0 radical (unpaired) electrons. The highest BCUT2D eigenvalue weighted by Crippen LogP contribution is 2.41. The van der Waals surface area contributed by atoms with E-state index in [1.54, 1.807) is 13.8 Å². The molecular formula is C27H29ClFN3. The molecule has 3 nitrogen and oxygen atoms in total. The highest BCUT2D eigenvalue weighted by atomic mass is 35.5. The van der Waals surface area contributed by atoms with Crippen LogP contribution in [0.5, 0.6) is 0 Å². The zero-order valence-electron chi connectivity index (χ0n) is 18.8. The summed E-state index contributed by atoms with van der Waals surface area (Å²) in [5.41, 5.74) is 7.49. The monoisotopic (exact) mass is 449 g/mol. The summed E-state index contributed by atoms with van der Waals surface area (Å²) in [6.45, 7) is 5.70. The van der Waals surface area contributed by atoms with E-state index in [9.17, 15) is 4.39 Å². The van der Waals surface area contributed by atoms with Crippen LogP contribution in [0.25, 0.3) is 10.9 Å². The fourth-order valence-electron chi connectivity index (χ4n) is 5.33. The minimum Gasteiger partial charge on any atom is -0.365 e. The van der Waals surface area contributed by atoms with Gasteiger partial charge in [0.2, 0.25) is 0 Å². The number of H-pyrrole nitrogens is 1. The van der Waals surface area contributed by atoms with Gasteiger partial charge in [-0.3, -0.25) is 4.99 Å². The molecule has 1 aromatic heterocycles. The summed E-state index contributed by atoms with van der Waals surface area (Å²) < 4.78 is 14.2. The SMILES string of the molecule is CC1=NC(C2CCc3c([nH]c4ccc(Cl)cc34)[C@H](c3ccc(C)cc3)CC2)NC(C)=C1F. The van der Waals surface area contributed by atoms with E-state index < -0.39 is 0 Å². The van der Waals surface area contributed by atoms with Crippen LogP contribution in [0.15, 0.2) is 59.0 Å². The molecule has 3 aromatic rings. The highest BCUT2D eigenvalue weighted by Gasteiger charge is 2.31. The third kappa shape index (κ3) is 3.86. The Hall–Kier alpha value is -2.59. The largest absolute Gasteiger partial charge is 0.365 e. The molecule has 0 saturated carbocycles. The topological polar surface area (TPSA) is 40.2 Å². The van der Waals surface area contributed by atoms with Crippen LogP contribution in [-0.4, -0.2) is 16.9 Å². The van der Waals surface area contributed by atoms with Crippen molar-refractivity contribution in [2.75, 3.05) is 0 Å². The maximum absolute atomic E-state index is 14.2. The predicted octanol–water partition coefficient (Wildman–Crippen LogP) is 7.20. The van der Waals surface area contributed by atoms with Crippen LogP contribution in [0.4, 0.5) is 4.39 Å². The number of benzene rings is 2. The molecule has 2 heterocycles. The van der Waals surface area contributed by atoms with E-state index in [1.165, 1.54) is 27.8 Å². The van der Waals surface area contributed by atoms with Crippen LogP contribution in [0, 0.1) is 12.8 Å². The van der Waals surface area contributed by atoms with Crippen molar-refractivity contribution in [3.8, 4) is 0 Å². The summed E-state index contributed by atoms with van der Waals surface area (Å²) in [6.07, 6.45) is 3.90. The molecule has 2 unspecified atom stereocenters. The summed E-state index contributed by atoms with van der Waals surface area (Å²) in [6, 6.07) is 15.0. The van der Waals surface area contributed by atoms with Gasteiger partial charge >= 0.3 is 0 Å². The second-order valence-corrected chi connectivity index (χ2v) is 9.73. The normalized spacial score (nSPS) is 23.9. The zero-order chi connectivity index (χ0) is 22.4. The zero-order valence-corrected chi connectivity index (χ0v) is 19.6. The third-order valence-corrected chi connectivity index (χ3v) is 7.35. The molecule has 2 aromatic carbocycles. The number of aryl methyl sites for hydroxylation is 2. The van der Waals surface area contributed by atoms with Gasteiger partial charge in [-0.15, -0.1) is 0 Å². The van der Waals surface area contributed by atoms with E-state index in [4.69, 9.17) is 11.6 Å². The van der Waals surface area contributed by atoms with E-state index in [-0.39, 0.29) is 17.9 Å². The van der Waals surface area contributed by atoms with Crippen molar-refractivity contribution in [1.82, 2.24) is 10.3 Å². The minimum atomic E-state index is -0.224. The highest BCUT2D eigenvalue weighted by molar-refractivity contribution is 6.31. The number of nitrogens with one attached hydrogen (secondary N) is 2. The van der Waals surface area contributed by atoms with Crippen molar-refractivity contribution in [3.05, 3.63) is 81.4 Å². The summed E-state index contributed by atoms with van der Waals surface area (Å²) in [5, 5.41) is 5.30. The number of fused-ring (bicyclic) bond motifs is 3. The number of aliphatic imine (C=N–C) groups is 1. The van der Waals surface area contributed by atoms with Crippen molar-refractivity contribution in [1.29, 1.82) is 0 Å². The molecule has 1 aliphatic heterocycles. The molecular weight excluding hydrogens is 421 g/mol. The Morgan fingerprint density at radius 1 is 1.00 bits per heavy atom.